The van der Waals surface area contributed by atoms with Crippen LogP contribution in [-0.2, 0) is 27.4 Å². The van der Waals surface area contributed by atoms with Gasteiger partial charge in [0.15, 0.2) is 0 Å². The van der Waals surface area contributed by atoms with Crippen LogP contribution in [0.2, 0.25) is 25.7 Å². The Bertz CT molecular complexity index is 1230. The second-order valence-electron chi connectivity index (χ2n) is 12.6. The van der Waals surface area contributed by atoms with Crippen molar-refractivity contribution < 1.29 is 28.5 Å². The van der Waals surface area contributed by atoms with E-state index >= 15 is 0 Å². The number of ether oxygens (including phenoxy) is 4. The Morgan fingerprint density at radius 3 is 2.56 bits per heavy atom. The van der Waals surface area contributed by atoms with E-state index in [-0.39, 0.29) is 0 Å². The summed E-state index contributed by atoms with van der Waals surface area (Å²) in [4.78, 5) is 28.7. The Balaban J connectivity index is 2.29. The third-order valence-corrected chi connectivity index (χ3v) is 7.97. The van der Waals surface area contributed by atoms with Gasteiger partial charge in [-0.25, -0.2) is 14.6 Å². The van der Waals surface area contributed by atoms with Crippen LogP contribution in [0.15, 0.2) is 49.3 Å². The Morgan fingerprint density at radius 2 is 1.91 bits per heavy atom. The van der Waals surface area contributed by atoms with E-state index < -0.39 is 25.9 Å². The highest BCUT2D eigenvalue weighted by Gasteiger charge is 2.17. The third-order valence-electron chi connectivity index (χ3n) is 6.26. The zero-order valence-corrected chi connectivity index (χ0v) is 28.1. The van der Waals surface area contributed by atoms with Gasteiger partial charge in [-0.05, 0) is 57.7 Å². The van der Waals surface area contributed by atoms with E-state index in [1.165, 1.54) is 7.11 Å². The van der Waals surface area contributed by atoms with Crippen LogP contribution in [0.3, 0.4) is 0 Å². The lowest BCUT2D eigenvalue weighted by Gasteiger charge is -2.18. The van der Waals surface area contributed by atoms with Crippen LogP contribution in [0.5, 0.6) is 5.75 Å². The van der Waals surface area contributed by atoms with Gasteiger partial charge in [0.25, 0.3) is 0 Å². The second kappa shape index (κ2) is 16.9. The second-order valence-corrected chi connectivity index (χ2v) is 18.2. The Labute approximate surface area is 257 Å². The number of anilines is 1. The lowest BCUT2D eigenvalue weighted by atomic mass is 10.1. The topological polar surface area (TPSA) is 113 Å². The highest BCUT2D eigenvalue weighted by molar-refractivity contribution is 6.76. The standard InChI is InChI=1S/C32H50N4O6Si/c1-10-24(2)16-18-41-28-21-25(34-31(38)39-6)14-15-26(28)27-22-36(23-40-19-20-43(7,8)9)29(35-27)13-11-12-17-33-30(37)42-32(3,4)5/h10,12,14-15,17,21-22,24H,1,11,13,16,18-20,23H2,2-9H3,(H,33,37)(H,34,38). The fourth-order valence-electron chi connectivity index (χ4n) is 3.74. The number of rotatable bonds is 16. The Hall–Kier alpha value is -3.57. The maximum Gasteiger partial charge on any atom is 0.411 e. The lowest BCUT2D eigenvalue weighted by molar-refractivity contribution is 0.0552. The number of hydrogen-bond donors (Lipinski definition) is 2. The summed E-state index contributed by atoms with van der Waals surface area (Å²) < 4.78 is 24.3. The predicted molar refractivity (Wildman–Crippen MR) is 174 cm³/mol. The monoisotopic (exact) mass is 614 g/mol. The number of aromatic nitrogens is 2. The molecule has 0 saturated heterocycles. The molecule has 0 saturated carbocycles. The van der Waals surface area contributed by atoms with Crippen molar-refractivity contribution in [2.45, 2.75) is 85.0 Å². The number of nitrogens with one attached hydrogen (secondary N) is 2. The van der Waals surface area contributed by atoms with E-state index in [4.69, 9.17) is 23.9 Å². The fourth-order valence-corrected chi connectivity index (χ4v) is 4.50. The first-order valence-electron chi connectivity index (χ1n) is 14.7. The average molecular weight is 615 g/mol. The van der Waals surface area contributed by atoms with Crippen molar-refractivity contribution >= 4 is 25.9 Å². The quantitative estimate of drug-likeness (QED) is 0.114. The van der Waals surface area contributed by atoms with Crippen molar-refractivity contribution in [2.24, 2.45) is 5.92 Å². The van der Waals surface area contributed by atoms with Crippen LogP contribution in [0.4, 0.5) is 15.3 Å². The highest BCUT2D eigenvalue weighted by Crippen LogP contribution is 2.33. The molecule has 0 aliphatic carbocycles. The first-order valence-corrected chi connectivity index (χ1v) is 18.4. The van der Waals surface area contributed by atoms with E-state index in [9.17, 15) is 9.59 Å². The molecule has 0 bridgehead atoms. The maximum absolute atomic E-state index is 11.9. The summed E-state index contributed by atoms with van der Waals surface area (Å²) in [6, 6.07) is 6.52. The molecule has 1 aromatic heterocycles. The minimum Gasteiger partial charge on any atom is -0.493 e. The number of carbonyl (C=O) groups excluding carboxylic acids is 2. The van der Waals surface area contributed by atoms with E-state index in [0.29, 0.717) is 50.1 Å². The number of allylic oxidation sites excluding steroid dienone is 2. The van der Waals surface area contributed by atoms with Gasteiger partial charge < -0.3 is 23.5 Å². The number of carbonyl (C=O) groups is 2. The molecule has 1 atom stereocenters. The molecule has 0 fully saturated rings. The first kappa shape index (κ1) is 35.6. The highest BCUT2D eigenvalue weighted by atomic mass is 28.3. The fraction of sp³-hybridized carbons (Fsp3) is 0.531. The average Bonchev–Trinajstić information content (AvgIpc) is 3.31. The van der Waals surface area contributed by atoms with Crippen LogP contribution in [0.25, 0.3) is 11.3 Å². The molecule has 2 N–H and O–H groups in total. The van der Waals surface area contributed by atoms with Crippen molar-refractivity contribution in [3.05, 3.63) is 55.2 Å². The van der Waals surface area contributed by atoms with Gasteiger partial charge in [0.1, 0.15) is 23.9 Å². The number of benzene rings is 1. The number of aryl methyl sites for hydroxylation is 1. The van der Waals surface area contributed by atoms with Gasteiger partial charge in [-0.1, -0.05) is 38.7 Å². The van der Waals surface area contributed by atoms with Gasteiger partial charge >= 0.3 is 12.2 Å². The van der Waals surface area contributed by atoms with Crippen molar-refractivity contribution in [3.63, 3.8) is 0 Å². The molecule has 0 aliphatic heterocycles. The van der Waals surface area contributed by atoms with Crippen LogP contribution in [-0.4, -0.2) is 55.7 Å². The first-order chi connectivity index (χ1) is 20.2. The van der Waals surface area contributed by atoms with Crippen LogP contribution >= 0.6 is 0 Å². The number of nitrogens with zero attached hydrogens (tertiary/aromatic N) is 2. The molecule has 1 heterocycles. The molecule has 0 aliphatic rings. The van der Waals surface area contributed by atoms with Gasteiger partial charge in [-0.2, -0.15) is 0 Å². The van der Waals surface area contributed by atoms with Crippen molar-refractivity contribution in [3.8, 4) is 17.0 Å². The molecule has 2 aromatic rings. The van der Waals surface area contributed by atoms with Gasteiger partial charge in [0.2, 0.25) is 0 Å². The summed E-state index contributed by atoms with van der Waals surface area (Å²) in [6.07, 6.45) is 8.34. The number of amides is 2. The normalized spacial score (nSPS) is 12.6. The Morgan fingerprint density at radius 1 is 1.16 bits per heavy atom. The number of methoxy groups -OCH3 is 1. The van der Waals surface area contributed by atoms with Crippen molar-refractivity contribution in [1.82, 2.24) is 14.9 Å². The van der Waals surface area contributed by atoms with Crippen LogP contribution < -0.4 is 15.4 Å². The predicted octanol–water partition coefficient (Wildman–Crippen LogP) is 7.60. The molecule has 11 heteroatoms. The molecule has 2 amide bonds. The molecule has 0 spiro atoms. The summed E-state index contributed by atoms with van der Waals surface area (Å²) in [5.74, 6) is 1.74. The molecular formula is C32H50N4O6Si. The number of hydrogen-bond acceptors (Lipinski definition) is 7. The molecule has 1 aromatic carbocycles. The number of imidazole rings is 1. The van der Waals surface area contributed by atoms with Gasteiger partial charge in [-0.3, -0.25) is 10.6 Å². The van der Waals surface area contributed by atoms with Gasteiger partial charge in [0, 0.05) is 50.8 Å². The summed E-state index contributed by atoms with van der Waals surface area (Å²) in [5, 5.41) is 5.34. The van der Waals surface area contributed by atoms with Crippen LogP contribution in [0, 0.1) is 5.92 Å². The summed E-state index contributed by atoms with van der Waals surface area (Å²) >= 11 is 0. The van der Waals surface area contributed by atoms with E-state index in [1.54, 1.807) is 18.3 Å². The molecule has 1 unspecified atom stereocenters. The zero-order chi connectivity index (χ0) is 32.0. The summed E-state index contributed by atoms with van der Waals surface area (Å²) in [5.41, 5.74) is 1.52. The zero-order valence-electron chi connectivity index (χ0n) is 27.1. The lowest BCUT2D eigenvalue weighted by Crippen LogP contribution is -2.29. The maximum atomic E-state index is 11.9. The summed E-state index contributed by atoms with van der Waals surface area (Å²) in [7, 11) is 0.0921. The molecule has 0 radical (unpaired) electrons. The molecule has 10 nitrogen and oxygen atoms in total. The summed E-state index contributed by atoms with van der Waals surface area (Å²) in [6.45, 7) is 19.9. The molecule has 238 valence electrons. The van der Waals surface area contributed by atoms with Gasteiger partial charge in [0.05, 0.1) is 19.4 Å². The molecule has 43 heavy (non-hydrogen) atoms. The smallest absolute Gasteiger partial charge is 0.411 e. The SMILES string of the molecule is C=CC(C)CCOc1cc(NC(=O)OC)ccc1-c1cn(COCC[Si](C)(C)C)c(CCC=CNC(=O)OC(C)(C)C)n1. The minimum atomic E-state index is -1.23. The molecular weight excluding hydrogens is 564 g/mol. The number of alkyl carbamates (subject to hydrolysis) is 1. The van der Waals surface area contributed by atoms with Crippen molar-refractivity contribution in [1.29, 1.82) is 0 Å². The van der Waals surface area contributed by atoms with E-state index in [1.807, 2.05) is 49.8 Å². The largest absolute Gasteiger partial charge is 0.493 e. The Kier molecular flexibility index (Phi) is 14.0. The molecule has 2 rings (SSSR count). The van der Waals surface area contributed by atoms with Crippen molar-refractivity contribution in [2.75, 3.05) is 25.6 Å². The van der Waals surface area contributed by atoms with E-state index in [2.05, 4.69) is 43.8 Å². The minimum absolute atomic E-state index is 0.303. The van der Waals surface area contributed by atoms with Crippen LogP contribution in [0.1, 0.15) is 46.4 Å². The third kappa shape index (κ3) is 14.0. The van der Waals surface area contributed by atoms with Gasteiger partial charge in [-0.15, -0.1) is 6.58 Å². The van der Waals surface area contributed by atoms with E-state index in [0.717, 1.165) is 29.5 Å².